The van der Waals surface area contributed by atoms with Crippen LogP contribution in [0.3, 0.4) is 0 Å². The van der Waals surface area contributed by atoms with Crippen LogP contribution in [0.25, 0.3) is 11.1 Å². The lowest BCUT2D eigenvalue weighted by Crippen LogP contribution is -1.97. The second-order valence-corrected chi connectivity index (χ2v) is 5.22. The van der Waals surface area contributed by atoms with Crippen molar-refractivity contribution >= 4 is 11.6 Å². The van der Waals surface area contributed by atoms with E-state index in [-0.39, 0.29) is 0 Å². The number of alkyl halides is 1. The Morgan fingerprint density at radius 3 is 1.89 bits per heavy atom. The lowest BCUT2D eigenvalue weighted by atomic mass is 9.99. The van der Waals surface area contributed by atoms with Crippen LogP contribution >= 0.6 is 11.6 Å². The molecule has 2 rings (SSSR count). The molecular weight excluding hydrogens is 256 g/mol. The maximum atomic E-state index is 5.59. The molecule has 2 aromatic rings. The van der Waals surface area contributed by atoms with Crippen LogP contribution in [-0.2, 0) is 0 Å². The van der Waals surface area contributed by atoms with Gasteiger partial charge in [-0.3, -0.25) is 0 Å². The summed E-state index contributed by atoms with van der Waals surface area (Å²) in [5.41, 5.74) is 3.80. The molecule has 0 aliphatic rings. The molecule has 0 amide bonds. The first-order chi connectivity index (χ1) is 9.20. The Hall–Kier alpha value is -1.47. The van der Waals surface area contributed by atoms with Crippen molar-refractivity contribution in [1.82, 2.24) is 0 Å². The van der Waals surface area contributed by atoms with E-state index in [1.807, 2.05) is 12.1 Å². The van der Waals surface area contributed by atoms with Gasteiger partial charge in [0.15, 0.2) is 0 Å². The molecule has 0 fully saturated rings. The van der Waals surface area contributed by atoms with Crippen LogP contribution in [0.15, 0.2) is 48.5 Å². The molecule has 0 bridgehead atoms. The molecule has 19 heavy (non-hydrogen) atoms. The first-order valence-corrected chi connectivity index (χ1v) is 7.13. The Morgan fingerprint density at radius 1 is 0.895 bits per heavy atom. The van der Waals surface area contributed by atoms with Gasteiger partial charge in [0.25, 0.3) is 0 Å². The molecule has 2 aromatic carbocycles. The fraction of sp³-hybridized carbons (Fsp3) is 0.294. The van der Waals surface area contributed by atoms with Crippen molar-refractivity contribution < 1.29 is 4.74 Å². The molecule has 0 aromatic heterocycles. The zero-order valence-corrected chi connectivity index (χ0v) is 12.2. The summed E-state index contributed by atoms with van der Waals surface area (Å²) in [6.07, 6.45) is 0. The Bertz CT molecular complexity index is 500. The van der Waals surface area contributed by atoms with E-state index < -0.39 is 0 Å². The third-order valence-electron chi connectivity index (χ3n) is 3.11. The molecule has 0 aliphatic carbocycles. The molecule has 0 spiro atoms. The summed E-state index contributed by atoms with van der Waals surface area (Å²) >= 11 is 5.59. The zero-order valence-electron chi connectivity index (χ0n) is 11.4. The number of halogens is 1. The summed E-state index contributed by atoms with van der Waals surface area (Å²) in [6, 6.07) is 16.8. The van der Waals surface area contributed by atoms with Gasteiger partial charge < -0.3 is 4.74 Å². The molecule has 0 radical (unpaired) electrons. The molecule has 0 N–H and O–H groups in total. The number of benzene rings is 2. The predicted molar refractivity (Wildman–Crippen MR) is 82.2 cm³/mol. The van der Waals surface area contributed by atoms with Gasteiger partial charge in [0.05, 0.1) is 5.88 Å². The first-order valence-electron chi connectivity index (χ1n) is 6.60. The van der Waals surface area contributed by atoms with Gasteiger partial charge >= 0.3 is 0 Å². The highest BCUT2D eigenvalue weighted by molar-refractivity contribution is 6.18. The lowest BCUT2D eigenvalue weighted by Gasteiger charge is -2.08. The third-order valence-corrected chi connectivity index (χ3v) is 3.27. The average Bonchev–Trinajstić information content (AvgIpc) is 2.46. The van der Waals surface area contributed by atoms with Gasteiger partial charge in [-0.15, -0.1) is 11.6 Å². The van der Waals surface area contributed by atoms with Crippen molar-refractivity contribution in [3.05, 3.63) is 54.1 Å². The minimum absolute atomic E-state index is 0.512. The van der Waals surface area contributed by atoms with E-state index in [4.69, 9.17) is 16.3 Å². The Kier molecular flexibility index (Phi) is 4.86. The highest BCUT2D eigenvalue weighted by Gasteiger charge is 2.01. The van der Waals surface area contributed by atoms with E-state index >= 15 is 0 Å². The Labute approximate surface area is 120 Å². The summed E-state index contributed by atoms with van der Waals surface area (Å²) < 4.78 is 5.46. The molecule has 0 saturated heterocycles. The highest BCUT2D eigenvalue weighted by atomic mass is 35.5. The number of hydrogen-bond donors (Lipinski definition) is 0. The smallest absolute Gasteiger partial charge is 0.119 e. The van der Waals surface area contributed by atoms with Crippen molar-refractivity contribution in [2.24, 2.45) is 0 Å². The average molecular weight is 275 g/mol. The lowest BCUT2D eigenvalue weighted by molar-refractivity contribution is 0.343. The largest absolute Gasteiger partial charge is 0.492 e. The fourth-order valence-electron chi connectivity index (χ4n) is 1.96. The predicted octanol–water partition coefficient (Wildman–Crippen LogP) is 5.09. The van der Waals surface area contributed by atoms with Gasteiger partial charge in [-0.25, -0.2) is 0 Å². The van der Waals surface area contributed by atoms with Crippen molar-refractivity contribution in [1.29, 1.82) is 0 Å². The number of hydrogen-bond acceptors (Lipinski definition) is 1. The van der Waals surface area contributed by atoms with Gasteiger partial charge in [0.2, 0.25) is 0 Å². The summed E-state index contributed by atoms with van der Waals surface area (Å²) in [5.74, 6) is 1.95. The van der Waals surface area contributed by atoms with Crippen LogP contribution in [0.1, 0.15) is 25.3 Å². The van der Waals surface area contributed by atoms with E-state index in [0.717, 1.165) is 5.75 Å². The molecule has 2 heteroatoms. The van der Waals surface area contributed by atoms with E-state index in [2.05, 4.69) is 50.2 Å². The maximum absolute atomic E-state index is 5.59. The first kappa shape index (κ1) is 14.0. The second kappa shape index (κ2) is 6.63. The van der Waals surface area contributed by atoms with Gasteiger partial charge in [0.1, 0.15) is 12.4 Å². The van der Waals surface area contributed by atoms with Gasteiger partial charge in [-0.1, -0.05) is 50.2 Å². The monoisotopic (exact) mass is 274 g/mol. The van der Waals surface area contributed by atoms with Crippen molar-refractivity contribution in [2.75, 3.05) is 12.5 Å². The van der Waals surface area contributed by atoms with E-state index in [0.29, 0.717) is 18.4 Å². The highest BCUT2D eigenvalue weighted by Crippen LogP contribution is 2.24. The minimum Gasteiger partial charge on any atom is -0.492 e. The van der Waals surface area contributed by atoms with Crippen LogP contribution in [0.5, 0.6) is 5.75 Å². The Balaban J connectivity index is 2.13. The van der Waals surface area contributed by atoms with Crippen LogP contribution in [0.4, 0.5) is 0 Å². The van der Waals surface area contributed by atoms with Crippen LogP contribution < -0.4 is 4.74 Å². The molecular formula is C17H19ClO. The zero-order chi connectivity index (χ0) is 13.7. The maximum Gasteiger partial charge on any atom is 0.119 e. The number of rotatable bonds is 5. The number of ether oxygens (including phenoxy) is 1. The van der Waals surface area contributed by atoms with Crippen LogP contribution in [0.2, 0.25) is 0 Å². The fourth-order valence-corrected chi connectivity index (χ4v) is 2.04. The van der Waals surface area contributed by atoms with Crippen LogP contribution in [-0.4, -0.2) is 12.5 Å². The summed E-state index contributed by atoms with van der Waals surface area (Å²) in [6.45, 7) is 4.96. The molecule has 0 unspecified atom stereocenters. The van der Waals surface area contributed by atoms with Gasteiger partial charge in [-0.2, -0.15) is 0 Å². The van der Waals surface area contributed by atoms with Gasteiger partial charge in [0, 0.05) is 0 Å². The molecule has 0 atom stereocenters. The second-order valence-electron chi connectivity index (χ2n) is 4.84. The van der Waals surface area contributed by atoms with Gasteiger partial charge in [-0.05, 0) is 34.7 Å². The molecule has 0 saturated carbocycles. The molecule has 0 aliphatic heterocycles. The SMILES string of the molecule is CC(C)c1ccc(-c2ccc(OCCCl)cc2)cc1. The Morgan fingerprint density at radius 2 is 1.42 bits per heavy atom. The molecule has 1 nitrogen and oxygen atoms in total. The molecule has 0 heterocycles. The normalized spacial score (nSPS) is 10.7. The van der Waals surface area contributed by atoms with Crippen molar-refractivity contribution in [3.8, 4) is 16.9 Å². The summed E-state index contributed by atoms with van der Waals surface area (Å²) in [5, 5.41) is 0. The van der Waals surface area contributed by atoms with Crippen molar-refractivity contribution in [3.63, 3.8) is 0 Å². The quantitative estimate of drug-likeness (QED) is 0.690. The molecule has 100 valence electrons. The van der Waals surface area contributed by atoms with E-state index in [9.17, 15) is 0 Å². The summed E-state index contributed by atoms with van der Waals surface area (Å²) in [4.78, 5) is 0. The third kappa shape index (κ3) is 3.74. The topological polar surface area (TPSA) is 9.23 Å². The van der Waals surface area contributed by atoms with E-state index in [1.54, 1.807) is 0 Å². The summed E-state index contributed by atoms with van der Waals surface area (Å²) in [7, 11) is 0. The van der Waals surface area contributed by atoms with Crippen LogP contribution in [0, 0.1) is 0 Å². The standard InChI is InChI=1S/C17H19ClO/c1-13(2)14-3-5-15(6-4-14)16-7-9-17(10-8-16)19-12-11-18/h3-10,13H,11-12H2,1-2H3. The van der Waals surface area contributed by atoms with E-state index in [1.165, 1.54) is 16.7 Å². The minimum atomic E-state index is 0.512. The van der Waals surface area contributed by atoms with Crippen molar-refractivity contribution in [2.45, 2.75) is 19.8 Å².